The summed E-state index contributed by atoms with van der Waals surface area (Å²) in [5.74, 6) is 0.700. The van der Waals surface area contributed by atoms with Gasteiger partial charge in [0, 0.05) is 24.7 Å². The second-order valence-corrected chi connectivity index (χ2v) is 5.74. The van der Waals surface area contributed by atoms with Crippen LogP contribution in [-0.2, 0) is 4.74 Å². The normalized spacial score (nSPS) is 20.0. The Balaban J connectivity index is 1.86. The maximum atomic E-state index is 10.2. The number of nitrogens with one attached hydrogen (secondary N) is 2. The van der Waals surface area contributed by atoms with Crippen molar-refractivity contribution in [2.75, 3.05) is 26.2 Å². The smallest absolute Gasteiger partial charge is 0.191 e. The van der Waals surface area contributed by atoms with E-state index in [1.54, 1.807) is 12.1 Å². The number of hydrogen-bond donors (Lipinski definition) is 3. The van der Waals surface area contributed by atoms with Gasteiger partial charge in [-0.3, -0.25) is 4.99 Å². The van der Waals surface area contributed by atoms with Gasteiger partial charge < -0.3 is 20.5 Å². The number of nitrogens with zero attached hydrogens (tertiary/aromatic N) is 1. The van der Waals surface area contributed by atoms with E-state index in [9.17, 15) is 5.11 Å². The number of aliphatic hydroxyl groups is 1. The molecule has 1 fully saturated rings. The molecular formula is C16H24ClN3O2. The fourth-order valence-corrected chi connectivity index (χ4v) is 2.45. The SMILES string of the molecule is CCNC(=NCC(O)c1ccc(Cl)cc1)NCC1CCCO1. The van der Waals surface area contributed by atoms with Crippen LogP contribution in [0.25, 0.3) is 0 Å². The molecule has 0 bridgehead atoms. The van der Waals surface area contributed by atoms with Crippen LogP contribution in [0.5, 0.6) is 0 Å². The number of rotatable bonds is 6. The van der Waals surface area contributed by atoms with Crippen LogP contribution >= 0.6 is 11.6 Å². The third-order valence-electron chi connectivity index (χ3n) is 3.54. The number of halogens is 1. The molecule has 6 heteroatoms. The zero-order chi connectivity index (χ0) is 15.8. The summed E-state index contributed by atoms with van der Waals surface area (Å²) in [6.07, 6.45) is 1.82. The van der Waals surface area contributed by atoms with E-state index in [2.05, 4.69) is 15.6 Å². The van der Waals surface area contributed by atoms with Crippen LogP contribution in [0.3, 0.4) is 0 Å². The van der Waals surface area contributed by atoms with E-state index in [0.29, 0.717) is 17.5 Å². The lowest BCUT2D eigenvalue weighted by Gasteiger charge is -2.16. The largest absolute Gasteiger partial charge is 0.386 e. The van der Waals surface area contributed by atoms with Crippen molar-refractivity contribution in [3.8, 4) is 0 Å². The van der Waals surface area contributed by atoms with Crippen LogP contribution in [0, 0.1) is 0 Å². The second-order valence-electron chi connectivity index (χ2n) is 5.30. The van der Waals surface area contributed by atoms with Crippen LogP contribution in [0.1, 0.15) is 31.4 Å². The average molecular weight is 326 g/mol. The molecule has 0 amide bonds. The lowest BCUT2D eigenvalue weighted by molar-refractivity contribution is 0.113. The van der Waals surface area contributed by atoms with Gasteiger partial charge in [0.2, 0.25) is 0 Å². The molecule has 1 aromatic carbocycles. The van der Waals surface area contributed by atoms with E-state index in [0.717, 1.165) is 38.1 Å². The minimum Gasteiger partial charge on any atom is -0.386 e. The maximum Gasteiger partial charge on any atom is 0.191 e. The molecule has 3 N–H and O–H groups in total. The van der Waals surface area contributed by atoms with Crippen molar-refractivity contribution in [3.05, 3.63) is 34.9 Å². The summed E-state index contributed by atoms with van der Waals surface area (Å²) >= 11 is 5.85. The number of ether oxygens (including phenoxy) is 1. The van der Waals surface area contributed by atoms with Crippen molar-refractivity contribution >= 4 is 17.6 Å². The average Bonchev–Trinajstić information content (AvgIpc) is 3.04. The van der Waals surface area contributed by atoms with Crippen molar-refractivity contribution < 1.29 is 9.84 Å². The second kappa shape index (κ2) is 8.98. The van der Waals surface area contributed by atoms with Crippen molar-refractivity contribution in [2.24, 2.45) is 4.99 Å². The summed E-state index contributed by atoms with van der Waals surface area (Å²) in [5, 5.41) is 17.3. The molecule has 1 aliphatic rings. The number of benzene rings is 1. The molecule has 122 valence electrons. The molecule has 2 unspecified atom stereocenters. The van der Waals surface area contributed by atoms with E-state index in [1.807, 2.05) is 19.1 Å². The molecule has 22 heavy (non-hydrogen) atoms. The first kappa shape index (κ1) is 17.1. The summed E-state index contributed by atoms with van der Waals surface area (Å²) in [5.41, 5.74) is 0.808. The first-order valence-electron chi connectivity index (χ1n) is 7.76. The van der Waals surface area contributed by atoms with Crippen LogP contribution in [-0.4, -0.2) is 43.4 Å². The van der Waals surface area contributed by atoms with Gasteiger partial charge in [-0.1, -0.05) is 23.7 Å². The maximum absolute atomic E-state index is 10.2. The van der Waals surface area contributed by atoms with Crippen LogP contribution in [0.4, 0.5) is 0 Å². The first-order chi connectivity index (χ1) is 10.7. The van der Waals surface area contributed by atoms with Gasteiger partial charge in [-0.15, -0.1) is 0 Å². The van der Waals surface area contributed by atoms with Crippen LogP contribution in [0.2, 0.25) is 5.02 Å². The van der Waals surface area contributed by atoms with Gasteiger partial charge in [0.25, 0.3) is 0 Å². The highest BCUT2D eigenvalue weighted by atomic mass is 35.5. The molecule has 2 atom stereocenters. The number of aliphatic hydroxyl groups excluding tert-OH is 1. The van der Waals surface area contributed by atoms with E-state index < -0.39 is 6.10 Å². The summed E-state index contributed by atoms with van der Waals surface area (Å²) in [4.78, 5) is 4.43. The molecule has 1 aliphatic heterocycles. The summed E-state index contributed by atoms with van der Waals surface area (Å²) in [6.45, 7) is 4.66. The molecule has 0 spiro atoms. The molecule has 1 aromatic rings. The highest BCUT2D eigenvalue weighted by Gasteiger charge is 2.15. The number of guanidine groups is 1. The summed E-state index contributed by atoms with van der Waals surface area (Å²) < 4.78 is 5.58. The fraction of sp³-hybridized carbons (Fsp3) is 0.562. The van der Waals surface area contributed by atoms with E-state index >= 15 is 0 Å². The number of aliphatic imine (C=N–C) groups is 1. The molecule has 1 heterocycles. The standard InChI is InChI=1S/C16H24ClN3O2/c1-2-18-16(19-10-14-4-3-9-22-14)20-11-15(21)12-5-7-13(17)8-6-12/h5-8,14-15,21H,2-4,9-11H2,1H3,(H2,18,19,20). The monoisotopic (exact) mass is 325 g/mol. The molecule has 0 saturated carbocycles. The van der Waals surface area contributed by atoms with Gasteiger partial charge in [-0.05, 0) is 37.5 Å². The minimum absolute atomic E-state index is 0.255. The van der Waals surface area contributed by atoms with Gasteiger partial charge in [0.05, 0.1) is 18.8 Å². The van der Waals surface area contributed by atoms with Gasteiger partial charge in [-0.2, -0.15) is 0 Å². The van der Waals surface area contributed by atoms with E-state index in [4.69, 9.17) is 16.3 Å². The van der Waals surface area contributed by atoms with Crippen molar-refractivity contribution in [1.29, 1.82) is 0 Å². The predicted octanol–water partition coefficient (Wildman–Crippen LogP) is 2.11. The van der Waals surface area contributed by atoms with Crippen LogP contribution < -0.4 is 10.6 Å². The van der Waals surface area contributed by atoms with Crippen molar-refractivity contribution in [3.63, 3.8) is 0 Å². The Morgan fingerprint density at radius 1 is 1.41 bits per heavy atom. The lowest BCUT2D eigenvalue weighted by Crippen LogP contribution is -2.41. The topological polar surface area (TPSA) is 65.9 Å². The molecule has 5 nitrogen and oxygen atoms in total. The quantitative estimate of drug-likeness (QED) is 0.553. The van der Waals surface area contributed by atoms with E-state index in [-0.39, 0.29) is 6.10 Å². The van der Waals surface area contributed by atoms with E-state index in [1.165, 1.54) is 0 Å². The Bertz CT molecular complexity index is 473. The Morgan fingerprint density at radius 2 is 2.18 bits per heavy atom. The van der Waals surface area contributed by atoms with Gasteiger partial charge in [0.1, 0.15) is 0 Å². The Hall–Kier alpha value is -1.30. The third-order valence-corrected chi connectivity index (χ3v) is 3.79. The molecule has 0 aromatic heterocycles. The Kier molecular flexibility index (Phi) is 6.96. The number of hydrogen-bond acceptors (Lipinski definition) is 3. The van der Waals surface area contributed by atoms with Crippen molar-refractivity contribution in [1.82, 2.24) is 10.6 Å². The van der Waals surface area contributed by atoms with Gasteiger partial charge >= 0.3 is 0 Å². The molecule has 0 aliphatic carbocycles. The summed E-state index contributed by atoms with van der Waals surface area (Å²) in [7, 11) is 0. The zero-order valence-electron chi connectivity index (χ0n) is 12.9. The van der Waals surface area contributed by atoms with Crippen molar-refractivity contribution in [2.45, 2.75) is 32.0 Å². The Morgan fingerprint density at radius 3 is 2.82 bits per heavy atom. The van der Waals surface area contributed by atoms with Gasteiger partial charge in [-0.25, -0.2) is 0 Å². The lowest BCUT2D eigenvalue weighted by atomic mass is 10.1. The first-order valence-corrected chi connectivity index (χ1v) is 8.14. The molecular weight excluding hydrogens is 302 g/mol. The minimum atomic E-state index is -0.643. The third kappa shape index (κ3) is 5.48. The molecule has 1 saturated heterocycles. The molecule has 0 radical (unpaired) electrons. The van der Waals surface area contributed by atoms with Crippen LogP contribution in [0.15, 0.2) is 29.3 Å². The summed E-state index contributed by atoms with van der Waals surface area (Å²) in [6, 6.07) is 7.17. The Labute approximate surface area is 136 Å². The highest BCUT2D eigenvalue weighted by molar-refractivity contribution is 6.30. The predicted molar refractivity (Wildman–Crippen MR) is 89.4 cm³/mol. The fourth-order valence-electron chi connectivity index (χ4n) is 2.33. The molecule has 2 rings (SSSR count). The highest BCUT2D eigenvalue weighted by Crippen LogP contribution is 2.16. The van der Waals surface area contributed by atoms with Gasteiger partial charge in [0.15, 0.2) is 5.96 Å². The zero-order valence-corrected chi connectivity index (χ0v) is 13.6.